The summed E-state index contributed by atoms with van der Waals surface area (Å²) in [6.07, 6.45) is 0.973. The second kappa shape index (κ2) is 2.37. The van der Waals surface area contributed by atoms with Gasteiger partial charge in [0.25, 0.3) is 0 Å². The molecule has 1 heterocycles. The van der Waals surface area contributed by atoms with Crippen LogP contribution in [-0.2, 0) is 4.74 Å². The van der Waals surface area contributed by atoms with Gasteiger partial charge in [-0.1, -0.05) is 0 Å². The number of aliphatic hydroxyl groups is 2. The third-order valence-corrected chi connectivity index (χ3v) is 1.40. The van der Waals surface area contributed by atoms with Gasteiger partial charge in [-0.05, 0) is 13.0 Å². The number of ether oxygens (including phenoxy) is 1. The Morgan fingerprint density at radius 2 is 2.11 bits per heavy atom. The largest absolute Gasteiger partial charge is 0.496 e. The smallest absolute Gasteiger partial charge is 0.124 e. The average molecular weight is 130 g/mol. The maximum atomic E-state index is 9.02. The maximum Gasteiger partial charge on any atom is 0.124 e. The van der Waals surface area contributed by atoms with Crippen molar-refractivity contribution in [3.8, 4) is 0 Å². The zero-order valence-corrected chi connectivity index (χ0v) is 5.19. The van der Waals surface area contributed by atoms with Crippen molar-refractivity contribution in [3.05, 3.63) is 12.3 Å². The summed E-state index contributed by atoms with van der Waals surface area (Å²) in [4.78, 5) is 0. The highest BCUT2D eigenvalue weighted by molar-refractivity contribution is 4.95. The van der Waals surface area contributed by atoms with Crippen LogP contribution in [0, 0.1) is 0 Å². The fourth-order valence-electron chi connectivity index (χ4n) is 0.722. The molecule has 0 aromatic rings. The molecular formula is C6H10O3. The van der Waals surface area contributed by atoms with Crippen molar-refractivity contribution < 1.29 is 14.9 Å². The molecule has 3 atom stereocenters. The molecular weight excluding hydrogens is 120 g/mol. The molecule has 0 unspecified atom stereocenters. The maximum absolute atomic E-state index is 9.02. The summed E-state index contributed by atoms with van der Waals surface area (Å²) < 4.78 is 4.87. The minimum Gasteiger partial charge on any atom is -0.496 e. The molecule has 1 aliphatic rings. The van der Waals surface area contributed by atoms with Crippen molar-refractivity contribution in [3.63, 3.8) is 0 Å². The summed E-state index contributed by atoms with van der Waals surface area (Å²) in [5, 5.41) is 18.0. The van der Waals surface area contributed by atoms with E-state index in [0.29, 0.717) is 0 Å². The third kappa shape index (κ3) is 1.23. The van der Waals surface area contributed by atoms with Gasteiger partial charge in [0.15, 0.2) is 0 Å². The zero-order valence-electron chi connectivity index (χ0n) is 5.19. The molecule has 0 saturated carbocycles. The molecule has 0 saturated heterocycles. The van der Waals surface area contributed by atoms with Crippen LogP contribution in [0.2, 0.25) is 0 Å². The minimum atomic E-state index is -0.782. The molecule has 1 aliphatic heterocycles. The van der Waals surface area contributed by atoms with Crippen LogP contribution in [0.4, 0.5) is 0 Å². The number of hydrogen-bond acceptors (Lipinski definition) is 3. The van der Waals surface area contributed by atoms with Crippen LogP contribution >= 0.6 is 0 Å². The van der Waals surface area contributed by atoms with Gasteiger partial charge in [0.2, 0.25) is 0 Å². The fraction of sp³-hybridized carbons (Fsp3) is 0.667. The average Bonchev–Trinajstić information content (AvgIpc) is 1.83. The van der Waals surface area contributed by atoms with Crippen molar-refractivity contribution in [2.75, 3.05) is 0 Å². The van der Waals surface area contributed by atoms with Crippen LogP contribution in [-0.4, -0.2) is 28.5 Å². The van der Waals surface area contributed by atoms with E-state index in [1.165, 1.54) is 12.3 Å². The molecule has 2 N–H and O–H groups in total. The number of rotatable bonds is 0. The standard InChI is InChI=1S/C6H10O3/c1-4-6(8)5(7)2-3-9-4/h2-8H,1H3/t4-,5-,6+/m1/s1. The first-order valence-corrected chi connectivity index (χ1v) is 2.90. The molecule has 0 spiro atoms. The number of hydrogen-bond donors (Lipinski definition) is 2. The molecule has 0 aliphatic carbocycles. The summed E-state index contributed by atoms with van der Waals surface area (Å²) in [7, 11) is 0. The lowest BCUT2D eigenvalue weighted by atomic mass is 10.1. The lowest BCUT2D eigenvalue weighted by molar-refractivity contribution is -0.0543. The van der Waals surface area contributed by atoms with Gasteiger partial charge >= 0.3 is 0 Å². The predicted octanol–water partition coefficient (Wildman–Crippen LogP) is -0.359. The first kappa shape index (κ1) is 6.58. The Kier molecular flexibility index (Phi) is 1.73. The van der Waals surface area contributed by atoms with Crippen LogP contribution in [0.3, 0.4) is 0 Å². The lowest BCUT2D eigenvalue weighted by Crippen LogP contribution is -2.37. The molecule has 3 nitrogen and oxygen atoms in total. The fourth-order valence-corrected chi connectivity index (χ4v) is 0.722. The highest BCUT2D eigenvalue weighted by Crippen LogP contribution is 2.10. The molecule has 0 amide bonds. The van der Waals surface area contributed by atoms with Gasteiger partial charge in [0.05, 0.1) is 6.26 Å². The van der Waals surface area contributed by atoms with E-state index in [2.05, 4.69) is 0 Å². The molecule has 0 aromatic carbocycles. The van der Waals surface area contributed by atoms with Gasteiger partial charge < -0.3 is 14.9 Å². The molecule has 0 radical (unpaired) electrons. The van der Waals surface area contributed by atoms with E-state index in [-0.39, 0.29) is 6.10 Å². The van der Waals surface area contributed by atoms with Gasteiger partial charge in [0, 0.05) is 0 Å². The molecule has 0 bridgehead atoms. The molecule has 9 heavy (non-hydrogen) atoms. The van der Waals surface area contributed by atoms with E-state index in [1.54, 1.807) is 6.92 Å². The highest BCUT2D eigenvalue weighted by atomic mass is 16.5. The summed E-state index contributed by atoms with van der Waals surface area (Å²) in [6.45, 7) is 1.71. The van der Waals surface area contributed by atoms with Crippen molar-refractivity contribution in [2.24, 2.45) is 0 Å². The summed E-state index contributed by atoms with van der Waals surface area (Å²) in [5.41, 5.74) is 0. The Bertz CT molecular complexity index is 121. The van der Waals surface area contributed by atoms with Gasteiger partial charge in [-0.25, -0.2) is 0 Å². The van der Waals surface area contributed by atoms with Crippen molar-refractivity contribution in [1.29, 1.82) is 0 Å². The van der Waals surface area contributed by atoms with E-state index in [9.17, 15) is 0 Å². The Labute approximate surface area is 53.6 Å². The molecule has 1 rings (SSSR count). The van der Waals surface area contributed by atoms with E-state index in [0.717, 1.165) is 0 Å². The van der Waals surface area contributed by atoms with Gasteiger partial charge in [-0.2, -0.15) is 0 Å². The first-order chi connectivity index (χ1) is 4.22. The van der Waals surface area contributed by atoms with Gasteiger partial charge in [0.1, 0.15) is 18.3 Å². The normalized spacial score (nSPS) is 42.3. The molecule has 0 aromatic heterocycles. The third-order valence-electron chi connectivity index (χ3n) is 1.40. The Hall–Kier alpha value is -0.540. The number of aliphatic hydroxyl groups excluding tert-OH is 2. The van der Waals surface area contributed by atoms with Crippen LogP contribution in [0.25, 0.3) is 0 Å². The van der Waals surface area contributed by atoms with Crippen molar-refractivity contribution >= 4 is 0 Å². The predicted molar refractivity (Wildman–Crippen MR) is 31.7 cm³/mol. The van der Waals surface area contributed by atoms with E-state index in [1.807, 2.05) is 0 Å². The molecule has 52 valence electrons. The van der Waals surface area contributed by atoms with Gasteiger partial charge in [-0.15, -0.1) is 0 Å². The highest BCUT2D eigenvalue weighted by Gasteiger charge is 2.24. The lowest BCUT2D eigenvalue weighted by Gasteiger charge is -2.24. The SMILES string of the molecule is C[C@H]1OC=C[C@@H](O)[C@H]1O. The Balaban J connectivity index is 2.58. The van der Waals surface area contributed by atoms with Gasteiger partial charge in [-0.3, -0.25) is 0 Å². The minimum absolute atomic E-state index is 0.301. The molecule has 3 heteroatoms. The first-order valence-electron chi connectivity index (χ1n) is 2.90. The second-order valence-electron chi connectivity index (χ2n) is 2.15. The Morgan fingerprint density at radius 1 is 1.44 bits per heavy atom. The zero-order chi connectivity index (χ0) is 6.85. The van der Waals surface area contributed by atoms with Crippen LogP contribution in [0.15, 0.2) is 12.3 Å². The van der Waals surface area contributed by atoms with E-state index in [4.69, 9.17) is 14.9 Å². The van der Waals surface area contributed by atoms with Crippen molar-refractivity contribution in [2.45, 2.75) is 25.2 Å². The topological polar surface area (TPSA) is 49.7 Å². The monoisotopic (exact) mass is 130 g/mol. The summed E-state index contributed by atoms with van der Waals surface area (Å²) in [6, 6.07) is 0. The van der Waals surface area contributed by atoms with E-state index < -0.39 is 12.2 Å². The molecule has 0 fully saturated rings. The summed E-state index contributed by atoms with van der Waals surface area (Å²) >= 11 is 0. The van der Waals surface area contributed by atoms with Crippen LogP contribution in [0.5, 0.6) is 0 Å². The summed E-state index contributed by atoms with van der Waals surface area (Å²) in [5.74, 6) is 0. The van der Waals surface area contributed by atoms with E-state index >= 15 is 0 Å². The van der Waals surface area contributed by atoms with Crippen molar-refractivity contribution in [1.82, 2.24) is 0 Å². The quantitative estimate of drug-likeness (QED) is 0.471. The van der Waals surface area contributed by atoms with Crippen LogP contribution in [0.1, 0.15) is 6.92 Å². The Morgan fingerprint density at radius 3 is 2.56 bits per heavy atom. The van der Waals surface area contributed by atoms with Crippen LogP contribution < -0.4 is 0 Å². The second-order valence-corrected chi connectivity index (χ2v) is 2.15.